The topological polar surface area (TPSA) is 86.7 Å². The van der Waals surface area contributed by atoms with Crippen LogP contribution in [-0.4, -0.2) is 36.8 Å². The molecule has 0 bridgehead atoms. The summed E-state index contributed by atoms with van der Waals surface area (Å²) < 4.78 is 27.9. The molecule has 7 heteroatoms. The van der Waals surface area contributed by atoms with E-state index < -0.39 is 10.0 Å². The van der Waals surface area contributed by atoms with Crippen LogP contribution in [0.4, 0.5) is 0 Å². The van der Waals surface area contributed by atoms with E-state index in [1.807, 2.05) is 45.9 Å². The number of phenolic OH excluding ortho intramolecular Hbond substituents is 1. The summed E-state index contributed by atoms with van der Waals surface area (Å²) in [6.07, 6.45) is 0.976. The Morgan fingerprint density at radius 3 is 2.27 bits per heavy atom. The maximum absolute atomic E-state index is 13.2. The van der Waals surface area contributed by atoms with Crippen LogP contribution in [0.15, 0.2) is 41.3 Å². The van der Waals surface area contributed by atoms with Crippen LogP contribution in [0.1, 0.15) is 48.1 Å². The molecule has 2 N–H and O–H groups in total. The number of sulfonamides is 1. The lowest BCUT2D eigenvalue weighted by Crippen LogP contribution is -2.43. The number of nitrogens with zero attached hydrogens (tertiary/aromatic N) is 1. The Bertz CT molecular complexity index is 1020. The lowest BCUT2D eigenvalue weighted by atomic mass is 9.96. The zero-order valence-electron chi connectivity index (χ0n) is 18.0. The Hall–Kier alpha value is -2.38. The Morgan fingerprint density at radius 1 is 1.10 bits per heavy atom. The smallest absolute Gasteiger partial charge is 0.243 e. The number of aryl methyl sites for hydroxylation is 3. The summed E-state index contributed by atoms with van der Waals surface area (Å²) in [6, 6.07) is 10.4. The third-order valence-corrected chi connectivity index (χ3v) is 7.96. The van der Waals surface area contributed by atoms with Gasteiger partial charge in [0.2, 0.25) is 15.9 Å². The fraction of sp³-hybridized carbons (Fsp3) is 0.435. The number of carbonyl (C=O) groups is 1. The van der Waals surface area contributed by atoms with Gasteiger partial charge in [-0.3, -0.25) is 4.79 Å². The summed E-state index contributed by atoms with van der Waals surface area (Å²) >= 11 is 0. The van der Waals surface area contributed by atoms with Gasteiger partial charge in [-0.2, -0.15) is 4.31 Å². The van der Waals surface area contributed by atoms with Crippen LogP contribution in [0.2, 0.25) is 0 Å². The lowest BCUT2D eigenvalue weighted by molar-refractivity contribution is -0.126. The minimum atomic E-state index is -3.59. The van der Waals surface area contributed by atoms with Crippen LogP contribution in [0.5, 0.6) is 5.75 Å². The van der Waals surface area contributed by atoms with Gasteiger partial charge in [-0.15, -0.1) is 0 Å². The molecular weight excluding hydrogens is 400 g/mol. The molecule has 162 valence electrons. The monoisotopic (exact) mass is 430 g/mol. The molecule has 0 spiro atoms. The first-order valence-corrected chi connectivity index (χ1v) is 11.7. The van der Waals surface area contributed by atoms with Gasteiger partial charge < -0.3 is 10.4 Å². The number of carbonyl (C=O) groups excluding carboxylic acids is 1. The summed E-state index contributed by atoms with van der Waals surface area (Å²) in [5.41, 5.74) is 3.38. The molecular formula is C23H30N2O4S. The number of hydrogen-bond acceptors (Lipinski definition) is 4. The Morgan fingerprint density at radius 2 is 1.70 bits per heavy atom. The summed E-state index contributed by atoms with van der Waals surface area (Å²) in [7, 11) is -3.59. The van der Waals surface area contributed by atoms with E-state index in [0.717, 1.165) is 22.3 Å². The van der Waals surface area contributed by atoms with E-state index >= 15 is 0 Å². The molecule has 1 aliphatic heterocycles. The number of rotatable bonds is 5. The molecule has 1 amide bonds. The summed E-state index contributed by atoms with van der Waals surface area (Å²) in [4.78, 5) is 13.1. The SMILES string of the molecule is Cc1cc(C)c(S(=O)(=O)N2CCC(C(=O)NC(C)c3cccc(O)c3)CC2)c(C)c1. The highest BCUT2D eigenvalue weighted by Gasteiger charge is 2.34. The van der Waals surface area contributed by atoms with Crippen LogP contribution in [0.25, 0.3) is 0 Å². The van der Waals surface area contributed by atoms with Gasteiger partial charge in [-0.1, -0.05) is 29.8 Å². The van der Waals surface area contributed by atoms with Gasteiger partial charge in [-0.05, 0) is 69.4 Å². The molecule has 0 aliphatic carbocycles. The average Bonchev–Trinajstić information content (AvgIpc) is 2.67. The van der Waals surface area contributed by atoms with Gasteiger partial charge in [0.25, 0.3) is 0 Å². The molecule has 1 saturated heterocycles. The molecule has 1 heterocycles. The van der Waals surface area contributed by atoms with Gasteiger partial charge in [0.15, 0.2) is 0 Å². The van der Waals surface area contributed by atoms with Crippen LogP contribution in [-0.2, 0) is 14.8 Å². The first-order valence-electron chi connectivity index (χ1n) is 10.3. The van der Waals surface area contributed by atoms with E-state index in [0.29, 0.717) is 30.8 Å². The predicted molar refractivity (Wildman–Crippen MR) is 117 cm³/mol. The Balaban J connectivity index is 1.65. The zero-order valence-corrected chi connectivity index (χ0v) is 18.8. The maximum atomic E-state index is 13.2. The van der Waals surface area contributed by atoms with Crippen LogP contribution in [0, 0.1) is 26.7 Å². The number of nitrogens with one attached hydrogen (secondary N) is 1. The fourth-order valence-electron chi connectivity index (χ4n) is 4.27. The average molecular weight is 431 g/mol. The van der Waals surface area contributed by atoms with Gasteiger partial charge in [0.1, 0.15) is 5.75 Å². The maximum Gasteiger partial charge on any atom is 0.243 e. The standard InChI is InChI=1S/C23H30N2O4S/c1-15-12-16(2)22(17(3)13-15)30(28,29)25-10-8-19(9-11-25)23(27)24-18(4)20-6-5-7-21(26)14-20/h5-7,12-14,18-19,26H,8-11H2,1-4H3,(H,24,27). The fourth-order valence-corrected chi connectivity index (χ4v) is 6.15. The van der Waals surface area contributed by atoms with E-state index in [9.17, 15) is 18.3 Å². The molecule has 0 saturated carbocycles. The number of hydrogen-bond donors (Lipinski definition) is 2. The second-order valence-corrected chi connectivity index (χ2v) is 10.1. The molecule has 1 atom stereocenters. The number of piperidine rings is 1. The number of amides is 1. The van der Waals surface area contributed by atoms with E-state index in [-0.39, 0.29) is 23.6 Å². The van der Waals surface area contributed by atoms with Crippen molar-refractivity contribution in [1.82, 2.24) is 9.62 Å². The Labute approximate surface area is 179 Å². The quantitative estimate of drug-likeness (QED) is 0.759. The molecule has 2 aromatic carbocycles. The van der Waals surface area contributed by atoms with Crippen molar-refractivity contribution in [2.24, 2.45) is 5.92 Å². The van der Waals surface area contributed by atoms with Crippen molar-refractivity contribution in [3.63, 3.8) is 0 Å². The highest BCUT2D eigenvalue weighted by Crippen LogP contribution is 2.29. The van der Waals surface area contributed by atoms with E-state index in [4.69, 9.17) is 0 Å². The highest BCUT2D eigenvalue weighted by atomic mass is 32.2. The molecule has 0 aromatic heterocycles. The first kappa shape index (κ1) is 22.3. The van der Waals surface area contributed by atoms with Crippen molar-refractivity contribution in [2.45, 2.75) is 51.5 Å². The summed E-state index contributed by atoms with van der Waals surface area (Å²) in [5.74, 6) is -0.143. The first-order chi connectivity index (χ1) is 14.1. The third-order valence-electron chi connectivity index (χ3n) is 5.76. The van der Waals surface area contributed by atoms with Crippen molar-refractivity contribution in [3.05, 3.63) is 58.7 Å². The lowest BCUT2D eigenvalue weighted by Gasteiger charge is -2.32. The Kier molecular flexibility index (Phi) is 6.53. The van der Waals surface area contributed by atoms with E-state index in [2.05, 4.69) is 5.32 Å². The van der Waals surface area contributed by atoms with Crippen LogP contribution < -0.4 is 5.32 Å². The van der Waals surface area contributed by atoms with Gasteiger partial charge in [0, 0.05) is 19.0 Å². The van der Waals surface area contributed by atoms with Gasteiger partial charge >= 0.3 is 0 Å². The largest absolute Gasteiger partial charge is 0.508 e. The zero-order chi connectivity index (χ0) is 22.1. The number of phenols is 1. The van der Waals surface area contributed by atoms with Crippen molar-refractivity contribution >= 4 is 15.9 Å². The molecule has 3 rings (SSSR count). The molecule has 1 unspecified atom stereocenters. The normalized spacial score (nSPS) is 16.9. The van der Waals surface area contributed by atoms with Crippen molar-refractivity contribution in [2.75, 3.05) is 13.1 Å². The van der Waals surface area contributed by atoms with Crippen LogP contribution >= 0.6 is 0 Å². The van der Waals surface area contributed by atoms with Crippen LogP contribution in [0.3, 0.4) is 0 Å². The second-order valence-electron chi connectivity index (χ2n) is 8.23. The molecule has 1 fully saturated rings. The number of aromatic hydroxyl groups is 1. The third kappa shape index (κ3) is 4.68. The van der Waals surface area contributed by atoms with Gasteiger partial charge in [0.05, 0.1) is 10.9 Å². The van der Waals surface area contributed by atoms with Crippen molar-refractivity contribution in [3.8, 4) is 5.75 Å². The second kappa shape index (κ2) is 8.78. The summed E-state index contributed by atoms with van der Waals surface area (Å²) in [6.45, 7) is 8.14. The molecule has 30 heavy (non-hydrogen) atoms. The molecule has 2 aromatic rings. The van der Waals surface area contributed by atoms with Gasteiger partial charge in [-0.25, -0.2) is 8.42 Å². The summed E-state index contributed by atoms with van der Waals surface area (Å²) in [5, 5.41) is 12.6. The van der Waals surface area contributed by atoms with Crippen molar-refractivity contribution < 1.29 is 18.3 Å². The van der Waals surface area contributed by atoms with Crippen molar-refractivity contribution in [1.29, 1.82) is 0 Å². The number of benzene rings is 2. The van der Waals surface area contributed by atoms with E-state index in [1.54, 1.807) is 18.2 Å². The highest BCUT2D eigenvalue weighted by molar-refractivity contribution is 7.89. The minimum absolute atomic E-state index is 0.0782. The van der Waals surface area contributed by atoms with E-state index in [1.165, 1.54) is 4.31 Å². The molecule has 0 radical (unpaired) electrons. The molecule has 6 nitrogen and oxygen atoms in total. The molecule has 1 aliphatic rings. The predicted octanol–water partition coefficient (Wildman–Crippen LogP) is 3.60. The minimum Gasteiger partial charge on any atom is -0.508 e.